The topological polar surface area (TPSA) is 59.2 Å². The Hall–Kier alpha value is -2.15. The minimum atomic E-state index is 0.154. The molecule has 2 aromatic heterocycles. The zero-order chi connectivity index (χ0) is 17.8. The van der Waals surface area contributed by atoms with E-state index < -0.39 is 0 Å². The van der Waals surface area contributed by atoms with Gasteiger partial charge in [-0.2, -0.15) is 5.10 Å². The number of likely N-dealkylation sites (N-methyl/N-ethyl adjacent to an activating group) is 1. The number of carbonyl (C=O) groups is 1. The predicted octanol–water partition coefficient (Wildman–Crippen LogP) is 1.36. The summed E-state index contributed by atoms with van der Waals surface area (Å²) in [4.78, 5) is 21.2. The van der Waals surface area contributed by atoms with E-state index in [0.717, 1.165) is 50.5 Å². The molecule has 1 aliphatic rings. The van der Waals surface area contributed by atoms with Crippen molar-refractivity contribution in [3.05, 3.63) is 36.2 Å². The van der Waals surface area contributed by atoms with Crippen LogP contribution in [0.15, 0.2) is 24.7 Å². The molecular weight excluding hydrogens is 316 g/mol. The van der Waals surface area contributed by atoms with Crippen molar-refractivity contribution in [1.82, 2.24) is 29.1 Å². The van der Waals surface area contributed by atoms with E-state index in [4.69, 9.17) is 0 Å². The van der Waals surface area contributed by atoms with Crippen molar-refractivity contribution in [3.63, 3.8) is 0 Å². The first kappa shape index (κ1) is 17.7. The number of hydrogen-bond donors (Lipinski definition) is 0. The molecule has 25 heavy (non-hydrogen) atoms. The van der Waals surface area contributed by atoms with Gasteiger partial charge in [-0.3, -0.25) is 9.48 Å². The second-order valence-corrected chi connectivity index (χ2v) is 7.07. The maximum absolute atomic E-state index is 12.5. The third kappa shape index (κ3) is 4.28. The van der Waals surface area contributed by atoms with Crippen LogP contribution in [0.4, 0.5) is 0 Å². The molecule has 3 heterocycles. The van der Waals surface area contributed by atoms with Gasteiger partial charge in [0, 0.05) is 56.4 Å². The Morgan fingerprint density at radius 2 is 2.04 bits per heavy atom. The smallest absolute Gasteiger partial charge is 0.244 e. The molecule has 0 atom stereocenters. The number of aryl methyl sites for hydroxylation is 1. The molecule has 7 heteroatoms. The van der Waals surface area contributed by atoms with Crippen molar-refractivity contribution in [2.24, 2.45) is 0 Å². The van der Waals surface area contributed by atoms with Gasteiger partial charge in [0.05, 0.1) is 0 Å². The van der Waals surface area contributed by atoms with E-state index in [-0.39, 0.29) is 5.91 Å². The second kappa shape index (κ2) is 7.82. The summed E-state index contributed by atoms with van der Waals surface area (Å²) in [5.41, 5.74) is 1.02. The molecule has 0 unspecified atom stereocenters. The SMILES string of the molecule is Cc1ccnn1CC(=O)N1CCC(c2nccn2CCN(C)C)CC1. The number of piperidine rings is 1. The maximum atomic E-state index is 12.5. The zero-order valence-corrected chi connectivity index (χ0v) is 15.4. The predicted molar refractivity (Wildman–Crippen MR) is 96.3 cm³/mol. The van der Waals surface area contributed by atoms with Crippen LogP contribution in [0.1, 0.15) is 30.3 Å². The Kier molecular flexibility index (Phi) is 5.53. The Labute approximate surface area is 149 Å². The van der Waals surface area contributed by atoms with Gasteiger partial charge < -0.3 is 14.4 Å². The molecule has 0 spiro atoms. The summed E-state index contributed by atoms with van der Waals surface area (Å²) in [5, 5.41) is 4.20. The number of likely N-dealkylation sites (tertiary alicyclic amines) is 1. The number of aromatic nitrogens is 4. The van der Waals surface area contributed by atoms with Gasteiger partial charge in [-0.15, -0.1) is 0 Å². The van der Waals surface area contributed by atoms with E-state index in [9.17, 15) is 4.79 Å². The Balaban J connectivity index is 1.54. The highest BCUT2D eigenvalue weighted by molar-refractivity contribution is 5.76. The summed E-state index contributed by atoms with van der Waals surface area (Å²) in [6.07, 6.45) is 7.65. The molecule has 1 aliphatic heterocycles. The number of nitrogens with zero attached hydrogens (tertiary/aromatic N) is 6. The first-order valence-corrected chi connectivity index (χ1v) is 8.96. The number of hydrogen-bond acceptors (Lipinski definition) is 4. The lowest BCUT2D eigenvalue weighted by Crippen LogP contribution is -2.40. The number of amides is 1. The highest BCUT2D eigenvalue weighted by atomic mass is 16.2. The summed E-state index contributed by atoms with van der Waals surface area (Å²) in [6, 6.07) is 1.92. The van der Waals surface area contributed by atoms with Crippen molar-refractivity contribution < 1.29 is 4.79 Å². The molecule has 0 aliphatic carbocycles. The van der Waals surface area contributed by atoms with Gasteiger partial charge >= 0.3 is 0 Å². The van der Waals surface area contributed by atoms with Crippen LogP contribution in [0.5, 0.6) is 0 Å². The highest BCUT2D eigenvalue weighted by Crippen LogP contribution is 2.27. The third-order valence-corrected chi connectivity index (χ3v) is 4.96. The standard InChI is InChI=1S/C18H28N6O/c1-15-4-7-20-24(15)14-17(25)22-9-5-16(6-10-22)18-19-8-11-23(18)13-12-21(2)3/h4,7-8,11,16H,5-6,9-10,12-14H2,1-3H3. The van der Waals surface area contributed by atoms with Crippen molar-refractivity contribution in [2.75, 3.05) is 33.7 Å². The molecule has 2 aromatic rings. The fraction of sp³-hybridized carbons (Fsp3) is 0.611. The minimum absolute atomic E-state index is 0.154. The second-order valence-electron chi connectivity index (χ2n) is 7.07. The van der Waals surface area contributed by atoms with Crippen molar-refractivity contribution >= 4 is 5.91 Å². The largest absolute Gasteiger partial charge is 0.341 e. The quantitative estimate of drug-likeness (QED) is 0.794. The number of imidazole rings is 1. The molecule has 1 amide bonds. The average Bonchev–Trinajstić information content (AvgIpc) is 3.22. The van der Waals surface area contributed by atoms with Crippen molar-refractivity contribution in [2.45, 2.75) is 38.8 Å². The van der Waals surface area contributed by atoms with Crippen LogP contribution in [0.3, 0.4) is 0 Å². The summed E-state index contributed by atoms with van der Waals surface area (Å²) in [7, 11) is 4.17. The first-order chi connectivity index (χ1) is 12.0. The molecular formula is C18H28N6O. The van der Waals surface area contributed by atoms with Gasteiger partial charge in [0.15, 0.2) is 0 Å². The van der Waals surface area contributed by atoms with Crippen LogP contribution < -0.4 is 0 Å². The van der Waals surface area contributed by atoms with Crippen LogP contribution in [-0.4, -0.2) is 68.8 Å². The molecule has 0 aromatic carbocycles. The molecule has 0 bridgehead atoms. The van der Waals surface area contributed by atoms with E-state index in [1.54, 1.807) is 10.9 Å². The van der Waals surface area contributed by atoms with E-state index in [1.165, 1.54) is 0 Å². The molecule has 0 N–H and O–H groups in total. The lowest BCUT2D eigenvalue weighted by molar-refractivity contribution is -0.133. The fourth-order valence-electron chi connectivity index (χ4n) is 3.36. The fourth-order valence-corrected chi connectivity index (χ4v) is 3.36. The summed E-state index contributed by atoms with van der Waals surface area (Å²) < 4.78 is 4.03. The van der Waals surface area contributed by atoms with E-state index in [1.807, 2.05) is 24.1 Å². The monoisotopic (exact) mass is 344 g/mol. The summed E-state index contributed by atoms with van der Waals surface area (Å²) in [5.74, 6) is 1.76. The third-order valence-electron chi connectivity index (χ3n) is 4.96. The Morgan fingerprint density at radius 1 is 1.28 bits per heavy atom. The van der Waals surface area contributed by atoms with Crippen molar-refractivity contribution in [1.29, 1.82) is 0 Å². The van der Waals surface area contributed by atoms with Gasteiger partial charge in [0.25, 0.3) is 0 Å². The first-order valence-electron chi connectivity index (χ1n) is 8.96. The van der Waals surface area contributed by atoms with Crippen LogP contribution >= 0.6 is 0 Å². The molecule has 136 valence electrons. The molecule has 0 radical (unpaired) electrons. The number of carbonyl (C=O) groups excluding carboxylic acids is 1. The maximum Gasteiger partial charge on any atom is 0.244 e. The van der Waals surface area contributed by atoms with Crippen LogP contribution in [0, 0.1) is 6.92 Å². The van der Waals surface area contributed by atoms with E-state index in [2.05, 4.69) is 39.8 Å². The number of rotatable bonds is 6. The zero-order valence-electron chi connectivity index (χ0n) is 15.4. The Morgan fingerprint density at radius 3 is 2.68 bits per heavy atom. The molecule has 1 saturated heterocycles. The van der Waals surface area contributed by atoms with Crippen LogP contribution in [-0.2, 0) is 17.9 Å². The van der Waals surface area contributed by atoms with Crippen LogP contribution in [0.2, 0.25) is 0 Å². The van der Waals surface area contributed by atoms with Gasteiger partial charge in [0.2, 0.25) is 5.91 Å². The highest BCUT2D eigenvalue weighted by Gasteiger charge is 2.26. The average molecular weight is 344 g/mol. The van der Waals surface area contributed by atoms with Gasteiger partial charge in [-0.25, -0.2) is 4.98 Å². The normalized spacial score (nSPS) is 15.9. The van der Waals surface area contributed by atoms with E-state index in [0.29, 0.717) is 12.5 Å². The van der Waals surface area contributed by atoms with Gasteiger partial charge in [0.1, 0.15) is 12.4 Å². The molecule has 0 saturated carbocycles. The Bertz CT molecular complexity index is 696. The lowest BCUT2D eigenvalue weighted by Gasteiger charge is -2.32. The summed E-state index contributed by atoms with van der Waals surface area (Å²) >= 11 is 0. The molecule has 1 fully saturated rings. The van der Waals surface area contributed by atoms with Crippen LogP contribution in [0.25, 0.3) is 0 Å². The minimum Gasteiger partial charge on any atom is -0.341 e. The van der Waals surface area contributed by atoms with Gasteiger partial charge in [-0.05, 0) is 39.9 Å². The van der Waals surface area contributed by atoms with E-state index >= 15 is 0 Å². The molecule has 7 nitrogen and oxygen atoms in total. The van der Waals surface area contributed by atoms with Gasteiger partial charge in [-0.1, -0.05) is 0 Å². The summed E-state index contributed by atoms with van der Waals surface area (Å²) in [6.45, 7) is 5.86. The molecule has 3 rings (SSSR count). The lowest BCUT2D eigenvalue weighted by atomic mass is 9.96. The van der Waals surface area contributed by atoms with Crippen molar-refractivity contribution in [3.8, 4) is 0 Å².